The number of hydrogen-bond acceptors (Lipinski definition) is 3. The second-order valence-corrected chi connectivity index (χ2v) is 3.94. The summed E-state index contributed by atoms with van der Waals surface area (Å²) in [6, 6.07) is 12.4. The van der Waals surface area contributed by atoms with Gasteiger partial charge in [0.25, 0.3) is 0 Å². The van der Waals surface area contributed by atoms with Crippen LogP contribution in [0, 0.1) is 5.82 Å². The molecule has 3 nitrogen and oxygen atoms in total. The van der Waals surface area contributed by atoms with Crippen molar-refractivity contribution >= 4 is 17.1 Å². The highest BCUT2D eigenvalue weighted by atomic mass is 19.1. The zero-order chi connectivity index (χ0) is 13.1. The minimum Gasteiger partial charge on any atom is -0.495 e. The molecule has 0 aliphatic carbocycles. The number of methoxy groups -OCH3 is 1. The van der Waals surface area contributed by atoms with Crippen molar-refractivity contribution in [3.8, 4) is 5.75 Å². The van der Waals surface area contributed by atoms with Gasteiger partial charge in [-0.3, -0.25) is 0 Å². The largest absolute Gasteiger partial charge is 0.495 e. The fraction of sp³-hybridized carbons (Fsp3) is 0.143. The molecular weight excluding hydrogens is 231 g/mol. The van der Waals surface area contributed by atoms with Crippen LogP contribution in [-0.4, -0.2) is 14.2 Å². The van der Waals surface area contributed by atoms with Crippen molar-refractivity contribution in [2.75, 3.05) is 24.8 Å². The number of rotatable bonds is 3. The molecule has 0 saturated heterocycles. The van der Waals surface area contributed by atoms with Gasteiger partial charge in [0, 0.05) is 24.9 Å². The molecule has 2 aromatic rings. The van der Waals surface area contributed by atoms with Gasteiger partial charge in [-0.05, 0) is 12.1 Å². The van der Waals surface area contributed by atoms with Crippen LogP contribution >= 0.6 is 0 Å². The van der Waals surface area contributed by atoms with E-state index in [-0.39, 0.29) is 5.82 Å². The lowest BCUT2D eigenvalue weighted by molar-refractivity contribution is 0.416. The van der Waals surface area contributed by atoms with Gasteiger partial charge in [0.2, 0.25) is 0 Å². The summed E-state index contributed by atoms with van der Waals surface area (Å²) in [6.07, 6.45) is 0. The molecule has 0 saturated carbocycles. The van der Waals surface area contributed by atoms with Gasteiger partial charge < -0.3 is 15.4 Å². The summed E-state index contributed by atoms with van der Waals surface area (Å²) >= 11 is 0. The highest BCUT2D eigenvalue weighted by Gasteiger charge is 2.13. The van der Waals surface area contributed by atoms with Crippen LogP contribution in [-0.2, 0) is 0 Å². The number of nitrogen functional groups attached to an aromatic ring is 1. The summed E-state index contributed by atoms with van der Waals surface area (Å²) < 4.78 is 19.0. The number of anilines is 3. The maximum atomic E-state index is 13.9. The van der Waals surface area contributed by atoms with Crippen molar-refractivity contribution in [1.29, 1.82) is 0 Å². The Morgan fingerprint density at radius 3 is 2.44 bits per heavy atom. The Bertz CT molecular complexity index is 543. The summed E-state index contributed by atoms with van der Waals surface area (Å²) in [6.45, 7) is 0. The number of ether oxygens (including phenoxy) is 1. The van der Waals surface area contributed by atoms with Gasteiger partial charge in [-0.15, -0.1) is 0 Å². The van der Waals surface area contributed by atoms with Crippen LogP contribution in [0.15, 0.2) is 42.5 Å². The van der Waals surface area contributed by atoms with E-state index in [4.69, 9.17) is 10.5 Å². The van der Waals surface area contributed by atoms with Crippen LogP contribution in [0.3, 0.4) is 0 Å². The first-order valence-corrected chi connectivity index (χ1v) is 5.55. The van der Waals surface area contributed by atoms with E-state index in [0.29, 0.717) is 17.1 Å². The molecule has 0 aliphatic rings. The Kier molecular flexibility index (Phi) is 3.37. The van der Waals surface area contributed by atoms with Gasteiger partial charge in [-0.1, -0.05) is 18.2 Å². The average molecular weight is 246 g/mol. The van der Waals surface area contributed by atoms with Gasteiger partial charge in [-0.25, -0.2) is 4.39 Å². The second-order valence-electron chi connectivity index (χ2n) is 3.94. The maximum Gasteiger partial charge on any atom is 0.149 e. The van der Waals surface area contributed by atoms with Gasteiger partial charge in [0.1, 0.15) is 11.6 Å². The first-order chi connectivity index (χ1) is 8.63. The summed E-state index contributed by atoms with van der Waals surface area (Å²) in [4.78, 5) is 1.75. The molecule has 18 heavy (non-hydrogen) atoms. The smallest absolute Gasteiger partial charge is 0.149 e. The molecule has 0 aromatic heterocycles. The summed E-state index contributed by atoms with van der Waals surface area (Å²) in [5.74, 6) is 0.0915. The average Bonchev–Trinajstić information content (AvgIpc) is 2.39. The number of nitrogens with two attached hydrogens (primary N) is 1. The Morgan fingerprint density at radius 1 is 1.17 bits per heavy atom. The predicted molar refractivity (Wildman–Crippen MR) is 71.9 cm³/mol. The molecule has 0 spiro atoms. The van der Waals surface area contributed by atoms with Crippen LogP contribution < -0.4 is 15.4 Å². The van der Waals surface area contributed by atoms with Gasteiger partial charge in [0.15, 0.2) is 0 Å². The van der Waals surface area contributed by atoms with E-state index in [1.54, 1.807) is 18.0 Å². The van der Waals surface area contributed by atoms with E-state index in [9.17, 15) is 4.39 Å². The lowest BCUT2D eigenvalue weighted by Crippen LogP contribution is -2.11. The third-order valence-corrected chi connectivity index (χ3v) is 2.80. The number of nitrogens with zero attached hydrogens (tertiary/aromatic N) is 1. The summed E-state index contributed by atoms with van der Waals surface area (Å²) in [7, 11) is 3.30. The maximum absolute atomic E-state index is 13.9. The summed E-state index contributed by atoms with van der Waals surface area (Å²) in [5, 5.41) is 0. The lowest BCUT2D eigenvalue weighted by atomic mass is 10.2. The SMILES string of the molecule is COc1cc(N(C)c2ccccc2)c(F)cc1N. The van der Waals surface area contributed by atoms with Crippen molar-refractivity contribution in [3.05, 3.63) is 48.3 Å². The van der Waals surface area contributed by atoms with Gasteiger partial charge in [0.05, 0.1) is 18.5 Å². The minimum absolute atomic E-state index is 0.292. The van der Waals surface area contributed by atoms with E-state index < -0.39 is 0 Å². The van der Waals surface area contributed by atoms with E-state index in [1.165, 1.54) is 13.2 Å². The monoisotopic (exact) mass is 246 g/mol. The van der Waals surface area contributed by atoms with Crippen LogP contribution in [0.5, 0.6) is 5.75 Å². The van der Waals surface area contributed by atoms with Crippen molar-refractivity contribution in [2.24, 2.45) is 0 Å². The molecule has 2 aromatic carbocycles. The molecule has 0 atom stereocenters. The van der Waals surface area contributed by atoms with E-state index >= 15 is 0 Å². The van der Waals surface area contributed by atoms with Crippen molar-refractivity contribution < 1.29 is 9.13 Å². The minimum atomic E-state index is -0.375. The Labute approximate surface area is 106 Å². The molecule has 0 radical (unpaired) electrons. The van der Waals surface area contributed by atoms with Crippen molar-refractivity contribution in [2.45, 2.75) is 0 Å². The molecule has 0 amide bonds. The predicted octanol–water partition coefficient (Wildman–Crippen LogP) is 3.18. The highest BCUT2D eigenvalue weighted by Crippen LogP contribution is 2.33. The fourth-order valence-electron chi connectivity index (χ4n) is 1.78. The number of benzene rings is 2. The quantitative estimate of drug-likeness (QED) is 0.845. The molecule has 0 unspecified atom stereocenters. The molecule has 0 fully saturated rings. The lowest BCUT2D eigenvalue weighted by Gasteiger charge is -2.21. The van der Waals surface area contributed by atoms with Crippen LogP contribution in [0.2, 0.25) is 0 Å². The molecule has 4 heteroatoms. The Balaban J connectivity index is 2.45. The first-order valence-electron chi connectivity index (χ1n) is 5.55. The van der Waals surface area contributed by atoms with E-state index in [0.717, 1.165) is 5.69 Å². The highest BCUT2D eigenvalue weighted by molar-refractivity contribution is 5.69. The molecule has 2 N–H and O–H groups in total. The van der Waals surface area contributed by atoms with Crippen molar-refractivity contribution in [3.63, 3.8) is 0 Å². The second kappa shape index (κ2) is 4.96. The third kappa shape index (κ3) is 2.22. The molecule has 0 heterocycles. The van der Waals surface area contributed by atoms with E-state index in [1.807, 2.05) is 30.3 Å². The Morgan fingerprint density at radius 2 is 1.83 bits per heavy atom. The molecule has 2 rings (SSSR count). The van der Waals surface area contributed by atoms with Crippen molar-refractivity contribution in [1.82, 2.24) is 0 Å². The van der Waals surface area contributed by atoms with Crippen LogP contribution in [0.25, 0.3) is 0 Å². The number of hydrogen-bond donors (Lipinski definition) is 1. The normalized spacial score (nSPS) is 10.2. The first kappa shape index (κ1) is 12.2. The topological polar surface area (TPSA) is 38.5 Å². The number of halogens is 1. The molecule has 0 bridgehead atoms. The number of para-hydroxylation sites is 1. The molecule has 0 aliphatic heterocycles. The summed E-state index contributed by atoms with van der Waals surface area (Å²) in [5.41, 5.74) is 7.26. The van der Waals surface area contributed by atoms with E-state index in [2.05, 4.69) is 0 Å². The van der Waals surface area contributed by atoms with Gasteiger partial charge in [-0.2, -0.15) is 0 Å². The molecular formula is C14H15FN2O. The zero-order valence-electron chi connectivity index (χ0n) is 10.4. The van der Waals surface area contributed by atoms with Crippen LogP contribution in [0.4, 0.5) is 21.5 Å². The van der Waals surface area contributed by atoms with Crippen LogP contribution in [0.1, 0.15) is 0 Å². The Hall–Kier alpha value is -2.23. The van der Waals surface area contributed by atoms with Gasteiger partial charge >= 0.3 is 0 Å². The third-order valence-electron chi connectivity index (χ3n) is 2.80. The fourth-order valence-corrected chi connectivity index (χ4v) is 1.78. The zero-order valence-corrected chi connectivity index (χ0v) is 10.4. The molecule has 94 valence electrons. The standard InChI is InChI=1S/C14H15FN2O/c1-17(10-6-4-3-5-7-10)13-9-14(18-2)12(16)8-11(13)15/h3-9H,16H2,1-2H3.